The van der Waals surface area contributed by atoms with Gasteiger partial charge in [-0.15, -0.1) is 0 Å². The Morgan fingerprint density at radius 3 is 2.56 bits per heavy atom. The van der Waals surface area contributed by atoms with Crippen LogP contribution in [0.2, 0.25) is 5.15 Å². The van der Waals surface area contributed by atoms with Gasteiger partial charge in [-0.3, -0.25) is 0 Å². The molecule has 0 bridgehead atoms. The molecule has 1 atom stereocenters. The molecule has 3 rings (SSSR count). The number of benzene rings is 2. The highest BCUT2D eigenvalue weighted by molar-refractivity contribution is 6.30. The van der Waals surface area contributed by atoms with E-state index in [0.29, 0.717) is 17.3 Å². The summed E-state index contributed by atoms with van der Waals surface area (Å²) in [5.41, 5.74) is 3.09. The first-order valence-corrected chi connectivity index (χ1v) is 8.43. The molecule has 0 aliphatic heterocycles. The number of aryl methyl sites for hydroxylation is 1. The average molecular weight is 363 g/mol. The zero-order valence-corrected chi connectivity index (χ0v) is 14.8. The van der Waals surface area contributed by atoms with Gasteiger partial charge in [0.15, 0.2) is 0 Å². The maximum absolute atomic E-state index is 13.9. The van der Waals surface area contributed by atoms with Crippen molar-refractivity contribution in [3.63, 3.8) is 0 Å². The van der Waals surface area contributed by atoms with Crippen LogP contribution in [0.5, 0.6) is 0 Å². The predicted molar refractivity (Wildman–Crippen MR) is 93.7 cm³/mol. The van der Waals surface area contributed by atoms with E-state index in [1.165, 1.54) is 12.1 Å². The van der Waals surface area contributed by atoms with Crippen LogP contribution in [0.3, 0.4) is 0 Å². The zero-order chi connectivity index (χ0) is 18.0. The SMILES string of the molecule is Cc1nn(-c2ccccc2)c(Cl)c1C[NH2+][C@@H](C)c1ccc(F)cc1F. The summed E-state index contributed by atoms with van der Waals surface area (Å²) in [6.07, 6.45) is 0. The number of rotatable bonds is 5. The van der Waals surface area contributed by atoms with Gasteiger partial charge in [-0.25, -0.2) is 13.5 Å². The van der Waals surface area contributed by atoms with Gasteiger partial charge in [-0.1, -0.05) is 29.8 Å². The number of aromatic nitrogens is 2. The highest BCUT2D eigenvalue weighted by Crippen LogP contribution is 2.23. The van der Waals surface area contributed by atoms with Crippen molar-refractivity contribution in [2.75, 3.05) is 0 Å². The van der Waals surface area contributed by atoms with Crippen molar-refractivity contribution in [1.29, 1.82) is 0 Å². The lowest BCUT2D eigenvalue weighted by molar-refractivity contribution is -0.708. The largest absolute Gasteiger partial charge is 0.336 e. The highest BCUT2D eigenvalue weighted by Gasteiger charge is 2.19. The number of nitrogens with zero attached hydrogens (tertiary/aromatic N) is 2. The molecule has 25 heavy (non-hydrogen) atoms. The Morgan fingerprint density at radius 1 is 1.16 bits per heavy atom. The van der Waals surface area contributed by atoms with Gasteiger partial charge < -0.3 is 5.32 Å². The molecule has 1 heterocycles. The molecule has 0 spiro atoms. The standard InChI is InChI=1S/C19H18ClF2N3/c1-12(16-9-8-14(21)10-18(16)22)23-11-17-13(2)24-25(19(17)20)15-6-4-3-5-7-15/h3-10,12,23H,11H2,1-2H3/p+1/t12-/m0/s1. The Hall–Kier alpha value is -2.24. The first-order chi connectivity index (χ1) is 12.0. The van der Waals surface area contributed by atoms with Crippen molar-refractivity contribution in [3.05, 3.63) is 82.1 Å². The van der Waals surface area contributed by atoms with Crippen molar-refractivity contribution in [1.82, 2.24) is 9.78 Å². The van der Waals surface area contributed by atoms with Gasteiger partial charge in [-0.2, -0.15) is 5.10 Å². The van der Waals surface area contributed by atoms with Crippen molar-refractivity contribution in [2.24, 2.45) is 0 Å². The van der Waals surface area contributed by atoms with E-state index in [4.69, 9.17) is 11.6 Å². The third-order valence-corrected chi connectivity index (χ3v) is 4.64. The van der Waals surface area contributed by atoms with E-state index in [9.17, 15) is 8.78 Å². The number of halogens is 3. The minimum Gasteiger partial charge on any atom is -0.336 e. The minimum atomic E-state index is -0.573. The molecule has 2 N–H and O–H groups in total. The summed E-state index contributed by atoms with van der Waals surface area (Å²) in [5, 5.41) is 7.01. The van der Waals surface area contributed by atoms with E-state index in [-0.39, 0.29) is 6.04 Å². The van der Waals surface area contributed by atoms with E-state index in [1.54, 1.807) is 4.68 Å². The van der Waals surface area contributed by atoms with Gasteiger partial charge in [0.2, 0.25) is 0 Å². The summed E-state index contributed by atoms with van der Waals surface area (Å²) in [6, 6.07) is 13.1. The first-order valence-electron chi connectivity index (χ1n) is 8.05. The molecule has 130 valence electrons. The molecule has 0 aliphatic carbocycles. The van der Waals surface area contributed by atoms with Gasteiger partial charge in [0.05, 0.1) is 16.9 Å². The van der Waals surface area contributed by atoms with Crippen LogP contribution < -0.4 is 5.32 Å². The van der Waals surface area contributed by atoms with E-state index < -0.39 is 11.6 Å². The van der Waals surface area contributed by atoms with Crippen LogP contribution in [0.15, 0.2) is 48.5 Å². The second kappa shape index (κ2) is 7.33. The van der Waals surface area contributed by atoms with Crippen molar-refractivity contribution >= 4 is 11.6 Å². The summed E-state index contributed by atoms with van der Waals surface area (Å²) < 4.78 is 28.7. The normalized spacial score (nSPS) is 12.4. The highest BCUT2D eigenvalue weighted by atomic mass is 35.5. The second-order valence-corrected chi connectivity index (χ2v) is 6.35. The van der Waals surface area contributed by atoms with Crippen LogP contribution in [-0.2, 0) is 6.54 Å². The van der Waals surface area contributed by atoms with Crippen LogP contribution in [0.1, 0.15) is 29.8 Å². The van der Waals surface area contributed by atoms with E-state index in [0.717, 1.165) is 23.0 Å². The monoisotopic (exact) mass is 362 g/mol. The molecule has 0 saturated heterocycles. The minimum absolute atomic E-state index is 0.170. The molecule has 1 aromatic heterocycles. The summed E-state index contributed by atoms with van der Waals surface area (Å²) in [6.45, 7) is 4.33. The van der Waals surface area contributed by atoms with Gasteiger partial charge in [0.25, 0.3) is 0 Å². The van der Waals surface area contributed by atoms with Gasteiger partial charge in [0, 0.05) is 11.6 Å². The number of hydrogen-bond acceptors (Lipinski definition) is 1. The van der Waals surface area contributed by atoms with Crippen molar-refractivity contribution in [2.45, 2.75) is 26.4 Å². The fraction of sp³-hybridized carbons (Fsp3) is 0.211. The molecule has 0 amide bonds. The molecule has 3 aromatic rings. The fourth-order valence-corrected chi connectivity index (χ4v) is 3.15. The van der Waals surface area contributed by atoms with E-state index in [2.05, 4.69) is 5.10 Å². The molecule has 6 heteroatoms. The lowest BCUT2D eigenvalue weighted by atomic mass is 10.1. The molecule has 0 aliphatic rings. The topological polar surface area (TPSA) is 34.4 Å². The van der Waals surface area contributed by atoms with Crippen LogP contribution in [0.25, 0.3) is 5.69 Å². The molecule has 3 nitrogen and oxygen atoms in total. The Morgan fingerprint density at radius 2 is 1.88 bits per heavy atom. The van der Waals surface area contributed by atoms with Gasteiger partial charge in [0.1, 0.15) is 29.4 Å². The Kier molecular flexibility index (Phi) is 5.16. The fourth-order valence-electron chi connectivity index (χ4n) is 2.80. The van der Waals surface area contributed by atoms with Crippen LogP contribution in [0.4, 0.5) is 8.78 Å². The Labute approximate surface area is 150 Å². The third-order valence-electron chi connectivity index (χ3n) is 4.25. The lowest BCUT2D eigenvalue weighted by Gasteiger charge is -2.12. The Bertz CT molecular complexity index is 878. The quantitative estimate of drug-likeness (QED) is 0.733. The van der Waals surface area contributed by atoms with Gasteiger partial charge >= 0.3 is 0 Å². The number of quaternary nitrogens is 1. The first kappa shape index (κ1) is 17.6. The van der Waals surface area contributed by atoms with E-state index in [1.807, 2.05) is 49.5 Å². The van der Waals surface area contributed by atoms with E-state index >= 15 is 0 Å². The van der Waals surface area contributed by atoms with Crippen molar-refractivity contribution in [3.8, 4) is 5.69 Å². The Balaban J connectivity index is 1.78. The molecular weight excluding hydrogens is 344 g/mol. The summed E-state index contributed by atoms with van der Waals surface area (Å²) in [5.74, 6) is -1.11. The maximum atomic E-state index is 13.9. The molecule has 0 saturated carbocycles. The van der Waals surface area contributed by atoms with Gasteiger partial charge in [-0.05, 0) is 38.1 Å². The summed E-state index contributed by atoms with van der Waals surface area (Å²) >= 11 is 6.50. The number of hydrogen-bond donors (Lipinski definition) is 1. The molecule has 0 fully saturated rings. The number of para-hydroxylation sites is 1. The molecule has 0 unspecified atom stereocenters. The average Bonchev–Trinajstić information content (AvgIpc) is 2.88. The summed E-state index contributed by atoms with van der Waals surface area (Å²) in [4.78, 5) is 0. The lowest BCUT2D eigenvalue weighted by Crippen LogP contribution is -2.83. The smallest absolute Gasteiger partial charge is 0.142 e. The predicted octanol–water partition coefficient (Wildman–Crippen LogP) is 3.94. The van der Waals surface area contributed by atoms with Crippen LogP contribution in [-0.4, -0.2) is 9.78 Å². The molecule has 0 radical (unpaired) electrons. The third kappa shape index (κ3) is 3.72. The zero-order valence-electron chi connectivity index (χ0n) is 14.0. The van der Waals surface area contributed by atoms with Crippen molar-refractivity contribution < 1.29 is 14.1 Å². The second-order valence-electron chi connectivity index (χ2n) is 6.00. The summed E-state index contributed by atoms with van der Waals surface area (Å²) in [7, 11) is 0. The number of nitrogens with two attached hydrogens (primary N) is 1. The molecule has 2 aromatic carbocycles. The molecular formula is C19H19ClF2N3+. The van der Waals surface area contributed by atoms with Crippen LogP contribution >= 0.6 is 11.6 Å². The van der Waals surface area contributed by atoms with Crippen LogP contribution in [0, 0.1) is 18.6 Å². The maximum Gasteiger partial charge on any atom is 0.142 e.